The van der Waals surface area contributed by atoms with Crippen LogP contribution in [0.3, 0.4) is 0 Å². The molecular weight excluding hydrogens is 324 g/mol. The van der Waals surface area contributed by atoms with Gasteiger partial charge in [-0.15, -0.1) is 0 Å². The second kappa shape index (κ2) is 8.11. The van der Waals surface area contributed by atoms with E-state index in [1.54, 1.807) is 12.3 Å². The first-order valence-corrected chi connectivity index (χ1v) is 8.71. The summed E-state index contributed by atoms with van der Waals surface area (Å²) < 4.78 is 0. The molecule has 1 saturated heterocycles. The Morgan fingerprint density at radius 2 is 1.88 bits per heavy atom. The molecule has 3 rings (SSSR count). The number of nitrogens with one attached hydrogen (secondary N) is 1. The number of halogens is 1. The molecule has 24 heavy (non-hydrogen) atoms. The highest BCUT2D eigenvalue weighted by Gasteiger charge is 2.18. The summed E-state index contributed by atoms with van der Waals surface area (Å²) in [5, 5.41) is 3.83. The fourth-order valence-corrected chi connectivity index (χ4v) is 3.02. The number of rotatable bonds is 4. The number of hydrogen-bond acceptors (Lipinski definition) is 4. The number of hydrogen-bond donors (Lipinski definition) is 1. The Morgan fingerprint density at radius 3 is 2.62 bits per heavy atom. The SMILES string of the molecule is O=C(c1ccnc(NCc2ccccc2Cl)n1)N1CCCCCC1. The Morgan fingerprint density at radius 1 is 1.12 bits per heavy atom. The molecule has 1 aromatic carbocycles. The van der Waals surface area contributed by atoms with Gasteiger partial charge in [-0.05, 0) is 30.5 Å². The van der Waals surface area contributed by atoms with Crippen molar-refractivity contribution in [1.29, 1.82) is 0 Å². The van der Waals surface area contributed by atoms with E-state index in [4.69, 9.17) is 11.6 Å². The molecule has 1 amide bonds. The number of likely N-dealkylation sites (tertiary alicyclic amines) is 1. The van der Waals surface area contributed by atoms with Gasteiger partial charge in [0.25, 0.3) is 5.91 Å². The van der Waals surface area contributed by atoms with E-state index in [-0.39, 0.29) is 5.91 Å². The summed E-state index contributed by atoms with van der Waals surface area (Å²) >= 11 is 6.15. The number of benzene rings is 1. The second-order valence-corrected chi connectivity index (χ2v) is 6.32. The summed E-state index contributed by atoms with van der Waals surface area (Å²) in [6.45, 7) is 2.14. The van der Waals surface area contributed by atoms with E-state index < -0.39 is 0 Å². The average molecular weight is 345 g/mol. The highest BCUT2D eigenvalue weighted by molar-refractivity contribution is 6.31. The lowest BCUT2D eigenvalue weighted by molar-refractivity contribution is 0.0755. The zero-order valence-electron chi connectivity index (χ0n) is 13.5. The van der Waals surface area contributed by atoms with E-state index >= 15 is 0 Å². The summed E-state index contributed by atoms with van der Waals surface area (Å²) in [7, 11) is 0. The van der Waals surface area contributed by atoms with Gasteiger partial charge in [-0.25, -0.2) is 9.97 Å². The molecule has 2 aromatic rings. The summed E-state index contributed by atoms with van der Waals surface area (Å²) in [4.78, 5) is 23.1. The molecule has 5 nitrogen and oxygen atoms in total. The third-order valence-electron chi connectivity index (χ3n) is 4.16. The third kappa shape index (κ3) is 4.23. The van der Waals surface area contributed by atoms with Crippen LogP contribution in [0.4, 0.5) is 5.95 Å². The van der Waals surface area contributed by atoms with Crippen LogP contribution in [0.2, 0.25) is 5.02 Å². The fraction of sp³-hybridized carbons (Fsp3) is 0.389. The van der Waals surface area contributed by atoms with E-state index in [1.165, 1.54) is 12.8 Å². The number of carbonyl (C=O) groups excluding carboxylic acids is 1. The van der Waals surface area contributed by atoms with Crippen LogP contribution in [0.1, 0.15) is 41.7 Å². The summed E-state index contributed by atoms with van der Waals surface area (Å²) in [5.41, 5.74) is 1.40. The van der Waals surface area contributed by atoms with E-state index in [1.807, 2.05) is 29.2 Å². The summed E-state index contributed by atoms with van der Waals surface area (Å²) in [6, 6.07) is 9.29. The second-order valence-electron chi connectivity index (χ2n) is 5.92. The first-order valence-electron chi connectivity index (χ1n) is 8.33. The largest absolute Gasteiger partial charge is 0.350 e. The molecule has 1 aliphatic rings. The lowest BCUT2D eigenvalue weighted by Crippen LogP contribution is -2.32. The van der Waals surface area contributed by atoms with Gasteiger partial charge in [-0.2, -0.15) is 0 Å². The van der Waals surface area contributed by atoms with Crippen LogP contribution in [-0.2, 0) is 6.54 Å². The van der Waals surface area contributed by atoms with Gasteiger partial charge in [0, 0.05) is 30.9 Å². The maximum Gasteiger partial charge on any atom is 0.272 e. The normalized spacial score (nSPS) is 15.0. The molecule has 1 fully saturated rings. The molecule has 0 radical (unpaired) electrons. The molecule has 1 aromatic heterocycles. The van der Waals surface area contributed by atoms with E-state index in [0.717, 1.165) is 31.5 Å². The Bertz CT molecular complexity index is 699. The van der Waals surface area contributed by atoms with Crippen LogP contribution in [-0.4, -0.2) is 33.9 Å². The molecule has 2 heterocycles. The Hall–Kier alpha value is -2.14. The van der Waals surface area contributed by atoms with Crippen molar-refractivity contribution in [2.24, 2.45) is 0 Å². The minimum Gasteiger partial charge on any atom is -0.350 e. The van der Waals surface area contributed by atoms with Crippen LogP contribution in [0.15, 0.2) is 36.5 Å². The molecule has 0 saturated carbocycles. The molecular formula is C18H21ClN4O. The summed E-state index contributed by atoms with van der Waals surface area (Å²) in [5.74, 6) is 0.427. The number of amides is 1. The van der Waals surface area contributed by atoms with Crippen molar-refractivity contribution in [2.75, 3.05) is 18.4 Å². The molecule has 0 spiro atoms. The van der Waals surface area contributed by atoms with Crippen LogP contribution in [0.25, 0.3) is 0 Å². The minimum absolute atomic E-state index is 0.0138. The Labute approximate surface area is 147 Å². The highest BCUT2D eigenvalue weighted by atomic mass is 35.5. The molecule has 0 bridgehead atoms. The zero-order valence-corrected chi connectivity index (χ0v) is 14.3. The average Bonchev–Trinajstić information content (AvgIpc) is 2.90. The van der Waals surface area contributed by atoms with Crippen LogP contribution in [0, 0.1) is 0 Å². The van der Waals surface area contributed by atoms with Crippen molar-refractivity contribution in [3.05, 3.63) is 52.8 Å². The number of nitrogens with zero attached hydrogens (tertiary/aromatic N) is 3. The van der Waals surface area contributed by atoms with Crippen LogP contribution in [0.5, 0.6) is 0 Å². The molecule has 0 unspecified atom stereocenters. The monoisotopic (exact) mass is 344 g/mol. The molecule has 6 heteroatoms. The van der Waals surface area contributed by atoms with E-state index in [9.17, 15) is 4.79 Å². The highest BCUT2D eigenvalue weighted by Crippen LogP contribution is 2.16. The molecule has 126 valence electrons. The number of anilines is 1. The first kappa shape index (κ1) is 16.7. The van der Waals surface area contributed by atoms with Crippen molar-refractivity contribution in [1.82, 2.24) is 14.9 Å². The Balaban J connectivity index is 1.67. The van der Waals surface area contributed by atoms with Gasteiger partial charge in [-0.1, -0.05) is 42.6 Å². The van der Waals surface area contributed by atoms with Crippen molar-refractivity contribution >= 4 is 23.5 Å². The van der Waals surface area contributed by atoms with Gasteiger partial charge in [0.1, 0.15) is 5.69 Å². The van der Waals surface area contributed by atoms with Gasteiger partial charge in [0.15, 0.2) is 0 Å². The lowest BCUT2D eigenvalue weighted by atomic mass is 10.2. The maximum atomic E-state index is 12.6. The van der Waals surface area contributed by atoms with Crippen molar-refractivity contribution in [2.45, 2.75) is 32.2 Å². The van der Waals surface area contributed by atoms with Gasteiger partial charge in [-0.3, -0.25) is 4.79 Å². The lowest BCUT2D eigenvalue weighted by Gasteiger charge is -2.19. The summed E-state index contributed by atoms with van der Waals surface area (Å²) in [6.07, 6.45) is 6.13. The zero-order chi connectivity index (χ0) is 16.8. The predicted octanol–water partition coefficient (Wildman–Crippen LogP) is 3.76. The standard InChI is InChI=1S/C18H21ClN4O/c19-15-8-4-3-7-14(15)13-21-18-20-10-9-16(22-18)17(24)23-11-5-1-2-6-12-23/h3-4,7-10H,1-2,5-6,11-13H2,(H,20,21,22). The maximum absolute atomic E-state index is 12.6. The third-order valence-corrected chi connectivity index (χ3v) is 4.53. The number of aromatic nitrogens is 2. The van der Waals surface area contributed by atoms with E-state index in [0.29, 0.717) is 23.2 Å². The van der Waals surface area contributed by atoms with Crippen LogP contribution < -0.4 is 5.32 Å². The van der Waals surface area contributed by atoms with Crippen molar-refractivity contribution in [3.63, 3.8) is 0 Å². The van der Waals surface area contributed by atoms with Crippen molar-refractivity contribution in [3.8, 4) is 0 Å². The quantitative estimate of drug-likeness (QED) is 0.917. The molecule has 0 atom stereocenters. The predicted molar refractivity (Wildman–Crippen MR) is 95.2 cm³/mol. The minimum atomic E-state index is -0.0138. The van der Waals surface area contributed by atoms with Gasteiger partial charge < -0.3 is 10.2 Å². The van der Waals surface area contributed by atoms with Gasteiger partial charge in [0.2, 0.25) is 5.95 Å². The van der Waals surface area contributed by atoms with Crippen molar-refractivity contribution < 1.29 is 4.79 Å². The van der Waals surface area contributed by atoms with Gasteiger partial charge in [0.05, 0.1) is 0 Å². The Kier molecular flexibility index (Phi) is 5.64. The van der Waals surface area contributed by atoms with Crippen LogP contribution >= 0.6 is 11.6 Å². The topological polar surface area (TPSA) is 58.1 Å². The number of carbonyl (C=O) groups is 1. The van der Waals surface area contributed by atoms with Gasteiger partial charge >= 0.3 is 0 Å². The molecule has 1 aliphatic heterocycles. The molecule has 1 N–H and O–H groups in total. The fourth-order valence-electron chi connectivity index (χ4n) is 2.81. The first-order chi connectivity index (χ1) is 11.7. The smallest absolute Gasteiger partial charge is 0.272 e. The molecule has 0 aliphatic carbocycles. The van der Waals surface area contributed by atoms with E-state index in [2.05, 4.69) is 15.3 Å².